The van der Waals surface area contributed by atoms with Crippen LogP contribution in [-0.2, 0) is 9.63 Å². The molecule has 0 aliphatic carbocycles. The lowest BCUT2D eigenvalue weighted by Crippen LogP contribution is -2.66. The molecule has 5 rings (SSSR count). The summed E-state index contributed by atoms with van der Waals surface area (Å²) in [6.07, 6.45) is -1.92. The van der Waals surface area contributed by atoms with E-state index in [9.17, 15) is 24.6 Å². The van der Waals surface area contributed by atoms with E-state index in [1.807, 2.05) is 97.9 Å². The number of nitrogens with one attached hydrogen (secondary N) is 1. The van der Waals surface area contributed by atoms with Gasteiger partial charge in [-0.15, -0.1) is 5.06 Å². The van der Waals surface area contributed by atoms with Gasteiger partial charge in [-0.1, -0.05) is 103 Å². The third kappa shape index (κ3) is 5.90. The summed E-state index contributed by atoms with van der Waals surface area (Å²) in [5.41, 5.74) is 0.676. The highest BCUT2D eigenvalue weighted by molar-refractivity contribution is 7.96. The van der Waals surface area contributed by atoms with Gasteiger partial charge < -0.3 is 15.5 Å². The molecule has 0 unspecified atom stereocenters. The van der Waals surface area contributed by atoms with Crippen LogP contribution in [0.2, 0.25) is 0 Å². The van der Waals surface area contributed by atoms with E-state index in [1.54, 1.807) is 25.1 Å². The number of hydrogen-bond acceptors (Lipinski definition) is 5. The zero-order valence-corrected chi connectivity index (χ0v) is 25.4. The number of benzene rings is 4. The topological polar surface area (TPSA) is 116 Å². The number of aliphatic hydroxyl groups is 1. The van der Waals surface area contributed by atoms with Crippen molar-refractivity contribution in [1.82, 2.24) is 10.4 Å². The first-order valence-electron chi connectivity index (χ1n) is 14.5. The van der Waals surface area contributed by atoms with Crippen molar-refractivity contribution in [2.45, 2.75) is 38.5 Å². The number of carboxylic acids is 1. The number of carbonyl (C=O) groups excluding carboxylic acids is 2. The number of amides is 1. The van der Waals surface area contributed by atoms with E-state index in [0.717, 1.165) is 15.9 Å². The highest BCUT2D eigenvalue weighted by Gasteiger charge is 2.51. The Kier molecular flexibility index (Phi) is 9.57. The molecule has 0 bridgehead atoms. The number of Topliss-reactive ketones (excluding diaryl/α,β-unsaturated/α-hetero) is 1. The van der Waals surface area contributed by atoms with Gasteiger partial charge in [0.05, 0.1) is 12.1 Å². The van der Waals surface area contributed by atoms with Gasteiger partial charge in [0, 0.05) is 31.0 Å². The van der Waals surface area contributed by atoms with E-state index in [4.69, 9.17) is 4.84 Å². The molecule has 8 nitrogen and oxygen atoms in total. The molecular weight excluding hydrogens is 575 g/mol. The minimum absolute atomic E-state index is 0.00637. The molecule has 3 atom stereocenters. The first-order valence-corrected chi connectivity index (χ1v) is 16.3. The summed E-state index contributed by atoms with van der Waals surface area (Å²) in [7, 11) is 0. The van der Waals surface area contributed by atoms with Gasteiger partial charge in [0.25, 0.3) is 5.91 Å². The van der Waals surface area contributed by atoms with Crippen LogP contribution < -0.4 is 21.2 Å². The SMILES string of the molecule is CCNC(=O)c1cccc(C(=O)C[C@@H]2[C@@H]([C@@H](C)O)ON2C(C(=O)O)=P(c2ccccc2)(c2ccccc2)c2ccccc2)c1. The van der Waals surface area contributed by atoms with Crippen molar-refractivity contribution in [3.63, 3.8) is 0 Å². The average molecular weight is 611 g/mol. The van der Waals surface area contributed by atoms with Gasteiger partial charge in [-0.25, -0.2) is 4.79 Å². The van der Waals surface area contributed by atoms with Gasteiger partial charge in [0.2, 0.25) is 0 Å². The maximum absolute atomic E-state index is 13.7. The van der Waals surface area contributed by atoms with E-state index in [0.29, 0.717) is 17.7 Å². The zero-order valence-electron chi connectivity index (χ0n) is 24.5. The minimum atomic E-state index is -3.11. The van der Waals surface area contributed by atoms with E-state index < -0.39 is 31.1 Å². The fourth-order valence-corrected chi connectivity index (χ4v) is 9.99. The van der Waals surface area contributed by atoms with Gasteiger partial charge in [-0.05, 0) is 41.9 Å². The summed E-state index contributed by atoms with van der Waals surface area (Å²) in [5.74, 6) is -1.77. The van der Waals surface area contributed by atoms with Crippen LogP contribution in [0.3, 0.4) is 0 Å². The second kappa shape index (κ2) is 13.5. The second-order valence-corrected chi connectivity index (χ2v) is 13.9. The van der Waals surface area contributed by atoms with E-state index in [1.165, 1.54) is 11.1 Å². The Labute approximate surface area is 256 Å². The normalized spacial score (nSPS) is 17.2. The molecule has 0 saturated carbocycles. The largest absolute Gasteiger partial charge is 0.477 e. The van der Waals surface area contributed by atoms with Crippen molar-refractivity contribution < 1.29 is 29.4 Å². The molecule has 1 fully saturated rings. The monoisotopic (exact) mass is 610 g/mol. The van der Waals surface area contributed by atoms with Crippen LogP contribution in [0.15, 0.2) is 115 Å². The average Bonchev–Trinajstić information content (AvgIpc) is 3.04. The van der Waals surface area contributed by atoms with Crippen molar-refractivity contribution in [3.8, 4) is 0 Å². The molecule has 1 aliphatic heterocycles. The van der Waals surface area contributed by atoms with Crippen LogP contribution in [0.5, 0.6) is 0 Å². The number of carboxylic acid groups (broad SMARTS) is 1. The smallest absolute Gasteiger partial charge is 0.350 e. The summed E-state index contributed by atoms with van der Waals surface area (Å²) < 4.78 is 0. The molecule has 226 valence electrons. The van der Waals surface area contributed by atoms with Crippen LogP contribution in [0, 0.1) is 0 Å². The highest BCUT2D eigenvalue weighted by atomic mass is 31.2. The quantitative estimate of drug-likeness (QED) is 0.176. The summed E-state index contributed by atoms with van der Waals surface area (Å²) in [6.45, 7) is 0.714. The summed E-state index contributed by atoms with van der Waals surface area (Å²) >= 11 is 0. The van der Waals surface area contributed by atoms with Gasteiger partial charge in [-0.2, -0.15) is 0 Å². The fraction of sp³-hybridized carbons (Fsp3) is 0.200. The van der Waals surface area contributed by atoms with Crippen LogP contribution in [0.1, 0.15) is 41.0 Å². The maximum Gasteiger partial charge on any atom is 0.350 e. The molecule has 1 heterocycles. The van der Waals surface area contributed by atoms with Gasteiger partial charge >= 0.3 is 5.97 Å². The van der Waals surface area contributed by atoms with Crippen molar-refractivity contribution in [3.05, 3.63) is 126 Å². The Balaban J connectivity index is 1.71. The van der Waals surface area contributed by atoms with Crippen LogP contribution in [0.25, 0.3) is 0 Å². The van der Waals surface area contributed by atoms with Crippen molar-refractivity contribution in [1.29, 1.82) is 0 Å². The number of aliphatic hydroxyl groups excluding tert-OH is 1. The first kappa shape index (κ1) is 31.1. The number of ketones is 1. The molecule has 9 heteroatoms. The number of hydrogen-bond donors (Lipinski definition) is 3. The molecule has 3 N–H and O–H groups in total. The molecule has 1 amide bonds. The van der Waals surface area contributed by atoms with E-state index in [2.05, 4.69) is 5.32 Å². The molecular formula is C35H35N2O6P. The van der Waals surface area contributed by atoms with E-state index in [-0.39, 0.29) is 23.5 Å². The molecule has 0 radical (unpaired) electrons. The fourth-order valence-electron chi connectivity index (χ4n) is 5.73. The summed E-state index contributed by atoms with van der Waals surface area (Å²) in [4.78, 5) is 45.8. The van der Waals surface area contributed by atoms with E-state index >= 15 is 0 Å². The Morgan fingerprint density at radius 2 is 1.32 bits per heavy atom. The third-order valence-corrected chi connectivity index (χ3v) is 12.0. The Hall–Kier alpha value is -4.33. The number of carbonyl (C=O) groups is 3. The lowest BCUT2D eigenvalue weighted by Gasteiger charge is -2.50. The molecule has 4 aromatic carbocycles. The Bertz CT molecular complexity index is 1590. The Morgan fingerprint density at radius 3 is 1.77 bits per heavy atom. The molecule has 0 aromatic heterocycles. The number of aliphatic carboxylic acids is 1. The zero-order chi connectivity index (χ0) is 31.3. The number of nitrogens with zero attached hydrogens (tertiary/aromatic N) is 1. The molecule has 0 spiro atoms. The standard InChI is InChI=1S/C35H35N2O6P/c1-3-36-33(40)26-15-13-14-25(22-26)31(39)23-30-32(24(2)38)43-37(30)34(35(41)42)44(27-16-7-4-8-17-27,28-18-9-5-10-19-28)29-20-11-6-12-21-29/h4-22,24,30,32,38H,3,23H2,1-2H3,(H,36,40)(H,41,42)/t24-,30-,32-/m1/s1. The van der Waals surface area contributed by atoms with Gasteiger partial charge in [-0.3, -0.25) is 14.4 Å². The van der Waals surface area contributed by atoms with Gasteiger partial charge in [0.1, 0.15) is 11.5 Å². The van der Waals surface area contributed by atoms with Gasteiger partial charge in [0.15, 0.2) is 5.78 Å². The first-order chi connectivity index (χ1) is 21.3. The minimum Gasteiger partial charge on any atom is -0.477 e. The molecule has 1 saturated heterocycles. The molecule has 1 aliphatic rings. The van der Waals surface area contributed by atoms with Crippen molar-refractivity contribution >= 4 is 45.9 Å². The molecule has 44 heavy (non-hydrogen) atoms. The summed E-state index contributed by atoms with van der Waals surface area (Å²) in [5, 5.41) is 28.2. The van der Waals surface area contributed by atoms with Crippen molar-refractivity contribution in [2.75, 3.05) is 6.54 Å². The number of hydroxylamine groups is 2. The lowest BCUT2D eigenvalue weighted by molar-refractivity contribution is -0.311. The Morgan fingerprint density at radius 1 is 0.818 bits per heavy atom. The predicted octanol–water partition coefficient (Wildman–Crippen LogP) is 3.58. The third-order valence-electron chi connectivity index (χ3n) is 7.72. The summed E-state index contributed by atoms with van der Waals surface area (Å²) in [6, 6.07) is 34.2. The second-order valence-electron chi connectivity index (χ2n) is 10.6. The lowest BCUT2D eigenvalue weighted by atomic mass is 9.94. The predicted molar refractivity (Wildman–Crippen MR) is 173 cm³/mol. The number of rotatable bonds is 11. The van der Waals surface area contributed by atoms with Crippen LogP contribution in [-0.4, -0.2) is 63.1 Å². The highest BCUT2D eigenvalue weighted by Crippen LogP contribution is 2.49. The molecule has 4 aromatic rings. The van der Waals surface area contributed by atoms with Crippen LogP contribution >= 0.6 is 6.89 Å². The maximum atomic E-state index is 13.7. The van der Waals surface area contributed by atoms with Crippen LogP contribution in [0.4, 0.5) is 0 Å². The van der Waals surface area contributed by atoms with Crippen molar-refractivity contribution in [2.24, 2.45) is 0 Å².